The molecule has 200 valence electrons. The maximum atomic E-state index is 13.1. The Balaban J connectivity index is 1.47. The first kappa shape index (κ1) is 26.1. The molecule has 0 bridgehead atoms. The van der Waals surface area contributed by atoms with Crippen LogP contribution in [0.15, 0.2) is 11.6 Å². The van der Waals surface area contributed by atoms with E-state index in [9.17, 15) is 14.4 Å². The van der Waals surface area contributed by atoms with E-state index in [1.54, 1.807) is 5.57 Å². The van der Waals surface area contributed by atoms with Crippen molar-refractivity contribution < 1.29 is 23.9 Å². The third kappa shape index (κ3) is 3.39. The zero-order valence-electron chi connectivity index (χ0n) is 23.7. The Hall–Kier alpha value is -1.49. The highest BCUT2D eigenvalue weighted by Gasteiger charge is 2.66. The second-order valence-corrected chi connectivity index (χ2v) is 14.5. The summed E-state index contributed by atoms with van der Waals surface area (Å²) in [6.07, 6.45) is 9.02. The number of fused-ring (bicyclic) bond motifs is 5. The maximum absolute atomic E-state index is 13.1. The number of ether oxygens (including phenoxy) is 2. The van der Waals surface area contributed by atoms with Gasteiger partial charge in [-0.25, -0.2) is 0 Å². The standard InChI is InChI=1S/C31H46O5/c1-27(2)23-10-9-21-20(29(23,5)14-13-24(27)33)12-16-30(6)19(11-15-31(21,30)7)18(26(34)35-8)17-22(32)25-28(3,4)36-25/h9,18-20,23,25H,10-17H2,1-8H3/t18?,19-,20-,23-,25-,29+,30-,31+/m0/s1. The van der Waals surface area contributed by atoms with Crippen molar-refractivity contribution >= 4 is 17.5 Å². The van der Waals surface area contributed by atoms with Crippen molar-refractivity contribution in [3.8, 4) is 0 Å². The predicted molar refractivity (Wildman–Crippen MR) is 138 cm³/mol. The molecule has 4 fully saturated rings. The lowest BCUT2D eigenvalue weighted by molar-refractivity contribution is -0.153. The van der Waals surface area contributed by atoms with Crippen LogP contribution in [-0.4, -0.2) is 36.4 Å². The van der Waals surface area contributed by atoms with Gasteiger partial charge in [0.2, 0.25) is 0 Å². The fourth-order valence-corrected chi connectivity index (χ4v) is 9.79. The Bertz CT molecular complexity index is 1020. The molecule has 0 aromatic heterocycles. The molecule has 1 heterocycles. The number of hydrogen-bond donors (Lipinski definition) is 0. The average Bonchev–Trinajstić information content (AvgIpc) is 3.36. The summed E-state index contributed by atoms with van der Waals surface area (Å²) in [4.78, 5) is 39.1. The maximum Gasteiger partial charge on any atom is 0.309 e. The third-order valence-electron chi connectivity index (χ3n) is 12.3. The third-order valence-corrected chi connectivity index (χ3v) is 12.3. The highest BCUT2D eigenvalue weighted by molar-refractivity contribution is 5.90. The molecule has 0 N–H and O–H groups in total. The molecule has 5 nitrogen and oxygen atoms in total. The monoisotopic (exact) mass is 498 g/mol. The van der Waals surface area contributed by atoms with Gasteiger partial charge in [0.15, 0.2) is 5.78 Å². The fraction of sp³-hybridized carbons (Fsp3) is 0.839. The van der Waals surface area contributed by atoms with Crippen LogP contribution in [0.4, 0.5) is 0 Å². The summed E-state index contributed by atoms with van der Waals surface area (Å²) in [6, 6.07) is 0. The Morgan fingerprint density at radius 3 is 2.33 bits per heavy atom. The van der Waals surface area contributed by atoms with Crippen molar-refractivity contribution in [3.05, 3.63) is 11.6 Å². The molecule has 0 amide bonds. The lowest BCUT2D eigenvalue weighted by atomic mass is 9.41. The Morgan fingerprint density at radius 1 is 1.06 bits per heavy atom. The van der Waals surface area contributed by atoms with Crippen molar-refractivity contribution in [3.63, 3.8) is 0 Å². The number of Topliss-reactive ketones (excluding diaryl/α,β-unsaturated/α-hetero) is 2. The molecule has 1 saturated heterocycles. The smallest absolute Gasteiger partial charge is 0.309 e. The number of carbonyl (C=O) groups is 3. The fourth-order valence-electron chi connectivity index (χ4n) is 9.79. The molecule has 3 saturated carbocycles. The minimum absolute atomic E-state index is 0.00909. The minimum atomic E-state index is -0.426. The van der Waals surface area contributed by atoms with E-state index in [0.717, 1.165) is 38.5 Å². The second-order valence-electron chi connectivity index (χ2n) is 14.5. The lowest BCUT2D eigenvalue weighted by Crippen LogP contribution is -2.57. The molecule has 0 aromatic carbocycles. The summed E-state index contributed by atoms with van der Waals surface area (Å²) in [5.74, 6) is 0.746. The van der Waals surface area contributed by atoms with Gasteiger partial charge in [-0.15, -0.1) is 0 Å². The molecule has 5 heteroatoms. The van der Waals surface area contributed by atoms with Crippen LogP contribution in [-0.2, 0) is 23.9 Å². The molecule has 0 radical (unpaired) electrons. The van der Waals surface area contributed by atoms with Crippen molar-refractivity contribution in [2.45, 2.75) is 112 Å². The van der Waals surface area contributed by atoms with Gasteiger partial charge < -0.3 is 9.47 Å². The molecule has 1 aliphatic heterocycles. The van der Waals surface area contributed by atoms with Gasteiger partial charge in [0.05, 0.1) is 18.6 Å². The normalized spacial score (nSPS) is 45.0. The van der Waals surface area contributed by atoms with Crippen LogP contribution in [0.3, 0.4) is 0 Å². The number of allylic oxidation sites excluding steroid dienone is 2. The first-order chi connectivity index (χ1) is 16.6. The van der Waals surface area contributed by atoms with Gasteiger partial charge in [0.25, 0.3) is 0 Å². The van der Waals surface area contributed by atoms with E-state index < -0.39 is 17.6 Å². The Morgan fingerprint density at radius 2 is 1.72 bits per heavy atom. The first-order valence-electron chi connectivity index (χ1n) is 14.2. The molecule has 5 aliphatic rings. The van der Waals surface area contributed by atoms with Crippen LogP contribution in [0, 0.1) is 45.3 Å². The first-order valence-corrected chi connectivity index (χ1v) is 14.2. The quantitative estimate of drug-likeness (QED) is 0.261. The van der Waals surface area contributed by atoms with Crippen molar-refractivity contribution in [1.82, 2.24) is 0 Å². The predicted octanol–water partition coefficient (Wildman–Crippen LogP) is 6.09. The molecular formula is C31H46O5. The van der Waals surface area contributed by atoms with E-state index in [-0.39, 0.29) is 45.8 Å². The van der Waals surface area contributed by atoms with Crippen LogP contribution in [0.1, 0.15) is 99.8 Å². The van der Waals surface area contributed by atoms with E-state index in [1.807, 2.05) is 13.8 Å². The van der Waals surface area contributed by atoms with E-state index in [0.29, 0.717) is 24.0 Å². The highest BCUT2D eigenvalue weighted by Crippen LogP contribution is 2.73. The molecular weight excluding hydrogens is 452 g/mol. The molecule has 5 rings (SSSR count). The Labute approximate surface area is 217 Å². The molecule has 1 unspecified atom stereocenters. The lowest BCUT2D eigenvalue weighted by Gasteiger charge is -2.63. The van der Waals surface area contributed by atoms with Gasteiger partial charge in [-0.1, -0.05) is 46.3 Å². The van der Waals surface area contributed by atoms with Crippen LogP contribution >= 0.6 is 0 Å². The summed E-state index contributed by atoms with van der Waals surface area (Å²) in [5.41, 5.74) is 0.935. The van der Waals surface area contributed by atoms with Crippen LogP contribution < -0.4 is 0 Å². The Kier molecular flexibility index (Phi) is 5.81. The topological polar surface area (TPSA) is 73.0 Å². The van der Waals surface area contributed by atoms with E-state index in [2.05, 4.69) is 40.7 Å². The van der Waals surface area contributed by atoms with Gasteiger partial charge in [-0.2, -0.15) is 0 Å². The SMILES string of the molecule is COC(=O)C(CC(=O)[C@@H]1OC1(C)C)[C@@H]1CC[C@]2(C)C3=CC[C@H]4C(C)(C)C(=O)CC[C@]4(C)[C@H]3CC[C@@]12C. The number of esters is 1. The van der Waals surface area contributed by atoms with Crippen LogP contribution in [0.2, 0.25) is 0 Å². The van der Waals surface area contributed by atoms with Crippen LogP contribution in [0.5, 0.6) is 0 Å². The molecule has 0 spiro atoms. The van der Waals surface area contributed by atoms with Crippen LogP contribution in [0.25, 0.3) is 0 Å². The van der Waals surface area contributed by atoms with Crippen molar-refractivity contribution in [1.29, 1.82) is 0 Å². The largest absolute Gasteiger partial charge is 0.469 e. The zero-order chi connectivity index (χ0) is 26.5. The second kappa shape index (κ2) is 8.01. The summed E-state index contributed by atoms with van der Waals surface area (Å²) in [7, 11) is 1.45. The van der Waals surface area contributed by atoms with E-state index >= 15 is 0 Å². The summed E-state index contributed by atoms with van der Waals surface area (Å²) in [6.45, 7) is 15.5. The number of epoxide rings is 1. The number of hydrogen-bond acceptors (Lipinski definition) is 5. The van der Waals surface area contributed by atoms with Gasteiger partial charge in [-0.05, 0) is 86.4 Å². The van der Waals surface area contributed by atoms with Gasteiger partial charge >= 0.3 is 5.97 Å². The number of methoxy groups -OCH3 is 1. The average molecular weight is 499 g/mol. The minimum Gasteiger partial charge on any atom is -0.469 e. The summed E-state index contributed by atoms with van der Waals surface area (Å²) >= 11 is 0. The number of rotatable bonds is 5. The van der Waals surface area contributed by atoms with Gasteiger partial charge in [0, 0.05) is 18.3 Å². The molecule has 4 aliphatic carbocycles. The van der Waals surface area contributed by atoms with Crippen molar-refractivity contribution in [2.75, 3.05) is 7.11 Å². The van der Waals surface area contributed by atoms with E-state index in [4.69, 9.17) is 9.47 Å². The van der Waals surface area contributed by atoms with Gasteiger partial charge in [-0.3, -0.25) is 14.4 Å². The number of carbonyl (C=O) groups excluding carboxylic acids is 3. The number of ketones is 2. The van der Waals surface area contributed by atoms with E-state index in [1.165, 1.54) is 7.11 Å². The molecule has 8 atom stereocenters. The zero-order valence-corrected chi connectivity index (χ0v) is 23.7. The van der Waals surface area contributed by atoms with Crippen molar-refractivity contribution in [2.24, 2.45) is 45.3 Å². The highest BCUT2D eigenvalue weighted by atomic mass is 16.6. The molecule has 36 heavy (non-hydrogen) atoms. The molecule has 0 aromatic rings. The summed E-state index contributed by atoms with van der Waals surface area (Å²) in [5, 5.41) is 0. The van der Waals surface area contributed by atoms with Gasteiger partial charge in [0.1, 0.15) is 11.9 Å². The summed E-state index contributed by atoms with van der Waals surface area (Å²) < 4.78 is 10.9.